The van der Waals surface area contributed by atoms with E-state index in [0.717, 1.165) is 59.9 Å². The summed E-state index contributed by atoms with van der Waals surface area (Å²) in [6, 6.07) is 33.1. The lowest BCUT2D eigenvalue weighted by atomic mass is 9.78. The van der Waals surface area contributed by atoms with E-state index in [-0.39, 0.29) is 30.8 Å². The van der Waals surface area contributed by atoms with Crippen LogP contribution in [0.5, 0.6) is 0 Å². The van der Waals surface area contributed by atoms with Crippen LogP contribution in [0.15, 0.2) is 97.1 Å². The van der Waals surface area contributed by atoms with Gasteiger partial charge in [-0.2, -0.15) is 0 Å². The smallest absolute Gasteiger partial charge is 0.407 e. The van der Waals surface area contributed by atoms with Crippen molar-refractivity contribution >= 4 is 16.9 Å². The molecule has 0 spiro atoms. The van der Waals surface area contributed by atoms with Crippen LogP contribution in [0.25, 0.3) is 10.8 Å². The topological polar surface area (TPSA) is 95.9 Å². The van der Waals surface area contributed by atoms with Crippen LogP contribution in [0.2, 0.25) is 0 Å². The van der Waals surface area contributed by atoms with E-state index in [1.165, 1.54) is 10.3 Å². The molecule has 51 heavy (non-hydrogen) atoms. The highest BCUT2D eigenvalue weighted by Gasteiger charge is 2.40. The Balaban J connectivity index is 1.08. The van der Waals surface area contributed by atoms with Crippen LogP contribution in [0.4, 0.5) is 4.79 Å². The van der Waals surface area contributed by atoms with Gasteiger partial charge < -0.3 is 38.4 Å². The molecule has 2 saturated heterocycles. The van der Waals surface area contributed by atoms with Crippen LogP contribution >= 0.6 is 0 Å². The Kier molecular flexibility index (Phi) is 14.3. The van der Waals surface area contributed by atoms with Crippen molar-refractivity contribution in [3.05, 3.63) is 119 Å². The summed E-state index contributed by atoms with van der Waals surface area (Å²) in [6.07, 6.45) is 2.48. The maximum absolute atomic E-state index is 12.3. The quantitative estimate of drug-likeness (QED) is 0.105. The second kappa shape index (κ2) is 19.7. The van der Waals surface area contributed by atoms with Crippen molar-refractivity contribution in [1.82, 2.24) is 4.90 Å². The number of likely N-dealkylation sites (tertiary alicyclic amines) is 1. The zero-order valence-corrected chi connectivity index (χ0v) is 29.4. The Morgan fingerprint density at radius 3 is 2.18 bits per heavy atom. The molecule has 0 radical (unpaired) electrons. The third-order valence-electron chi connectivity index (χ3n) is 9.64. The van der Waals surface area contributed by atoms with Crippen molar-refractivity contribution in [3.8, 4) is 0 Å². The van der Waals surface area contributed by atoms with Gasteiger partial charge in [0.2, 0.25) is 0 Å². The van der Waals surface area contributed by atoms with E-state index in [0.29, 0.717) is 59.4 Å². The molecule has 2 aliphatic rings. The molecule has 0 aliphatic carbocycles. The highest BCUT2D eigenvalue weighted by molar-refractivity contribution is 5.82. The third kappa shape index (κ3) is 11.3. The highest BCUT2D eigenvalue weighted by Crippen LogP contribution is 2.36. The Labute approximate surface area is 301 Å². The fourth-order valence-corrected chi connectivity index (χ4v) is 6.95. The molecule has 2 aliphatic heterocycles. The molecule has 0 unspecified atom stereocenters. The van der Waals surface area contributed by atoms with Gasteiger partial charge in [-0.25, -0.2) is 4.79 Å². The fourth-order valence-electron chi connectivity index (χ4n) is 6.95. The number of hydrogen-bond acceptors (Lipinski definition) is 7. The number of hydrogen-bond donors (Lipinski definition) is 1. The van der Waals surface area contributed by atoms with Crippen molar-refractivity contribution in [2.45, 2.75) is 63.8 Å². The predicted octanol–water partition coefficient (Wildman–Crippen LogP) is 7.80. The van der Waals surface area contributed by atoms with Crippen LogP contribution in [0.3, 0.4) is 0 Å². The largest absolute Gasteiger partial charge is 0.465 e. The van der Waals surface area contributed by atoms with E-state index in [9.17, 15) is 9.90 Å². The number of amides is 1. The molecule has 0 aromatic heterocycles. The predicted molar refractivity (Wildman–Crippen MR) is 196 cm³/mol. The molecule has 9 heteroatoms. The average Bonchev–Trinajstić information content (AvgIpc) is 3.17. The fraction of sp³-hybridized carbons (Fsp3) is 0.452. The van der Waals surface area contributed by atoms with Crippen LogP contribution in [0.1, 0.15) is 53.9 Å². The summed E-state index contributed by atoms with van der Waals surface area (Å²) >= 11 is 0. The second-order valence-corrected chi connectivity index (χ2v) is 13.4. The standard InChI is InChI=1S/C42H51NO8/c44-42(45)43-26-38(31-46-20-8-22-50-40-13-6-7-21-49-40)41(39(27-43)51-30-34-16-17-35-11-4-5-12-37(35)25-34)36-18-14-33(15-19-36)29-48-24-23-47-28-32-9-2-1-3-10-32/h1-5,9-12,14-19,25,38-41H,6-8,13,20-24,26-31H2,(H,44,45)/t38-,39+,40+,41+/m0/s1. The van der Waals surface area contributed by atoms with Gasteiger partial charge in [0.25, 0.3) is 0 Å². The van der Waals surface area contributed by atoms with Gasteiger partial charge in [0.05, 0.1) is 58.9 Å². The van der Waals surface area contributed by atoms with Gasteiger partial charge in [-0.3, -0.25) is 0 Å². The summed E-state index contributed by atoms with van der Waals surface area (Å²) in [5.74, 6) is -0.155. The summed E-state index contributed by atoms with van der Waals surface area (Å²) in [5.41, 5.74) is 4.36. The van der Waals surface area contributed by atoms with Crippen molar-refractivity contribution in [2.24, 2.45) is 5.92 Å². The number of fused-ring (bicyclic) bond motifs is 1. The molecule has 1 amide bonds. The number of carbonyl (C=O) groups is 1. The first kappa shape index (κ1) is 36.9. The minimum atomic E-state index is -0.945. The molecule has 0 saturated carbocycles. The first-order chi connectivity index (χ1) is 25.1. The lowest BCUT2D eigenvalue weighted by Gasteiger charge is -2.43. The first-order valence-corrected chi connectivity index (χ1v) is 18.3. The average molecular weight is 698 g/mol. The molecular formula is C42H51NO8. The first-order valence-electron chi connectivity index (χ1n) is 18.3. The Morgan fingerprint density at radius 1 is 0.706 bits per heavy atom. The molecule has 1 N–H and O–H groups in total. The Morgan fingerprint density at radius 2 is 1.43 bits per heavy atom. The zero-order valence-electron chi connectivity index (χ0n) is 29.4. The molecule has 2 fully saturated rings. The third-order valence-corrected chi connectivity index (χ3v) is 9.64. The molecule has 0 bridgehead atoms. The molecule has 272 valence electrons. The number of piperidine rings is 1. The second-order valence-electron chi connectivity index (χ2n) is 13.4. The van der Waals surface area contributed by atoms with Crippen molar-refractivity contribution < 1.29 is 38.3 Å². The van der Waals surface area contributed by atoms with E-state index in [2.05, 4.69) is 54.6 Å². The van der Waals surface area contributed by atoms with Gasteiger partial charge >= 0.3 is 6.09 Å². The number of nitrogens with zero attached hydrogens (tertiary/aromatic N) is 1. The van der Waals surface area contributed by atoms with Crippen LogP contribution in [-0.2, 0) is 48.2 Å². The van der Waals surface area contributed by atoms with Gasteiger partial charge in [0.1, 0.15) is 0 Å². The normalized spacial score (nSPS) is 20.8. The molecule has 4 aromatic carbocycles. The van der Waals surface area contributed by atoms with Gasteiger partial charge in [-0.05, 0) is 64.8 Å². The molecule has 9 nitrogen and oxygen atoms in total. The lowest BCUT2D eigenvalue weighted by molar-refractivity contribution is -0.164. The monoisotopic (exact) mass is 697 g/mol. The number of carboxylic acid groups (broad SMARTS) is 1. The Bertz CT molecular complexity index is 1610. The summed E-state index contributed by atoms with van der Waals surface area (Å²) in [4.78, 5) is 13.8. The van der Waals surface area contributed by atoms with Gasteiger partial charge in [0.15, 0.2) is 6.29 Å². The van der Waals surface area contributed by atoms with Crippen LogP contribution in [0, 0.1) is 5.92 Å². The van der Waals surface area contributed by atoms with Crippen molar-refractivity contribution in [2.75, 3.05) is 52.7 Å². The lowest BCUT2D eigenvalue weighted by Crippen LogP contribution is -2.52. The minimum absolute atomic E-state index is 0.0608. The SMILES string of the molecule is O=C(O)N1C[C@@H](COCCCO[C@@H]2CCCCO2)[C@@H](c2ccc(COCCOCc3ccccc3)cc2)[C@H](OCc2ccc3ccccc3c2)C1. The highest BCUT2D eigenvalue weighted by atomic mass is 16.7. The number of benzene rings is 4. The maximum atomic E-state index is 12.3. The summed E-state index contributed by atoms with van der Waals surface area (Å²) in [5, 5.41) is 12.4. The van der Waals surface area contributed by atoms with E-state index >= 15 is 0 Å². The van der Waals surface area contributed by atoms with E-state index in [1.807, 2.05) is 42.5 Å². The number of rotatable bonds is 18. The van der Waals surface area contributed by atoms with Gasteiger partial charge in [0, 0.05) is 31.6 Å². The summed E-state index contributed by atoms with van der Waals surface area (Å²) in [6.45, 7) is 5.38. The summed E-state index contributed by atoms with van der Waals surface area (Å²) in [7, 11) is 0. The summed E-state index contributed by atoms with van der Waals surface area (Å²) < 4.78 is 36.1. The van der Waals surface area contributed by atoms with Crippen LogP contribution < -0.4 is 0 Å². The van der Waals surface area contributed by atoms with Crippen molar-refractivity contribution in [1.29, 1.82) is 0 Å². The van der Waals surface area contributed by atoms with E-state index in [1.54, 1.807) is 0 Å². The molecule has 4 aromatic rings. The zero-order chi connectivity index (χ0) is 35.1. The Hall–Kier alpha value is -3.83. The van der Waals surface area contributed by atoms with Crippen molar-refractivity contribution in [3.63, 3.8) is 0 Å². The molecule has 6 rings (SSSR count). The van der Waals surface area contributed by atoms with E-state index in [4.69, 9.17) is 28.4 Å². The van der Waals surface area contributed by atoms with E-state index < -0.39 is 6.09 Å². The maximum Gasteiger partial charge on any atom is 0.407 e. The number of ether oxygens (including phenoxy) is 6. The molecule has 4 atom stereocenters. The van der Waals surface area contributed by atoms with Gasteiger partial charge in [-0.15, -0.1) is 0 Å². The molecular weight excluding hydrogens is 646 g/mol. The minimum Gasteiger partial charge on any atom is -0.465 e. The van der Waals surface area contributed by atoms with Gasteiger partial charge in [-0.1, -0.05) is 91.0 Å². The molecule has 2 heterocycles. The van der Waals surface area contributed by atoms with Crippen LogP contribution in [-0.4, -0.2) is 81.2 Å².